The minimum absolute atomic E-state index is 0.0246. The molecule has 5 unspecified atom stereocenters. The zero-order chi connectivity index (χ0) is 24.3. The lowest BCUT2D eigenvalue weighted by Gasteiger charge is -2.39. The number of ether oxygens (including phenoxy) is 1. The minimum Gasteiger partial charge on any atom is -0.388 e. The molecule has 1 aliphatic rings. The fourth-order valence-electron chi connectivity index (χ4n) is 3.12. The molecule has 0 aromatic heterocycles. The van der Waals surface area contributed by atoms with Crippen LogP contribution in [0.4, 0.5) is 0 Å². The van der Waals surface area contributed by atoms with E-state index in [2.05, 4.69) is 10.6 Å². The number of rotatable bonds is 14. The molecular formula is C20H38N4O7S. The molecule has 0 radical (unpaired) electrons. The topological polar surface area (TPSA) is 197 Å². The van der Waals surface area contributed by atoms with Crippen molar-refractivity contribution in [1.29, 1.82) is 0 Å². The molecule has 1 saturated heterocycles. The lowest BCUT2D eigenvalue weighted by Crippen LogP contribution is -2.55. The maximum Gasteiger partial charge on any atom is 0.242 e. The Labute approximate surface area is 193 Å². The van der Waals surface area contributed by atoms with Crippen molar-refractivity contribution in [1.82, 2.24) is 10.6 Å². The van der Waals surface area contributed by atoms with Crippen LogP contribution in [0.3, 0.4) is 0 Å². The summed E-state index contributed by atoms with van der Waals surface area (Å²) in [5, 5.41) is 34.8. The van der Waals surface area contributed by atoms with Crippen LogP contribution in [-0.4, -0.2) is 87.3 Å². The quantitative estimate of drug-likeness (QED) is 0.143. The fraction of sp³-hybridized carbons (Fsp3) is 0.850. The monoisotopic (exact) mass is 478 g/mol. The van der Waals surface area contributed by atoms with Crippen LogP contribution in [0.1, 0.15) is 52.4 Å². The number of thioether (sulfide) groups is 1. The summed E-state index contributed by atoms with van der Waals surface area (Å²) in [6.07, 6.45) is -0.535. The summed E-state index contributed by atoms with van der Waals surface area (Å²) < 4.78 is 5.54. The van der Waals surface area contributed by atoms with E-state index in [4.69, 9.17) is 16.2 Å². The van der Waals surface area contributed by atoms with E-state index in [-0.39, 0.29) is 18.7 Å². The Hall–Kier alpha value is -1.44. The Kier molecular flexibility index (Phi) is 13.1. The number of aliphatic hydroxyl groups is 3. The molecule has 11 nitrogen and oxygen atoms in total. The van der Waals surface area contributed by atoms with Gasteiger partial charge in [0.1, 0.15) is 29.8 Å². The van der Waals surface area contributed by atoms with Crippen molar-refractivity contribution < 1.29 is 34.4 Å². The SMILES string of the molecule is CC1OC(SCCCCCCNC(=O)[C@H](CCC(N)=O)NC(=O)[C@@H](C)N)C(O)C(O)C1O. The van der Waals surface area contributed by atoms with Crippen molar-refractivity contribution in [3.63, 3.8) is 0 Å². The Morgan fingerprint density at radius 2 is 1.69 bits per heavy atom. The molecule has 0 aromatic rings. The van der Waals surface area contributed by atoms with E-state index in [1.54, 1.807) is 6.92 Å². The number of hydrogen-bond donors (Lipinski definition) is 7. The standard InChI is InChI=1S/C20H38N4O7S/c1-11(21)18(29)24-13(7-8-14(22)25)19(30)23-9-5-3-4-6-10-32-20-17(28)16(27)15(26)12(2)31-20/h11-13,15-17,20,26-28H,3-10,21H2,1-2H3,(H2,22,25)(H,23,30)(H,24,29)/t11-,12?,13+,15?,16?,17?,20?/m1/s1. The predicted octanol–water partition coefficient (Wildman–Crippen LogP) is -1.68. The molecule has 9 N–H and O–H groups in total. The highest BCUT2D eigenvalue weighted by molar-refractivity contribution is 7.99. The maximum absolute atomic E-state index is 12.3. The summed E-state index contributed by atoms with van der Waals surface area (Å²) in [6, 6.07) is -1.64. The van der Waals surface area contributed by atoms with Crippen molar-refractivity contribution in [3.05, 3.63) is 0 Å². The number of nitrogens with one attached hydrogen (secondary N) is 2. The second-order valence-corrected chi connectivity index (χ2v) is 9.32. The van der Waals surface area contributed by atoms with Gasteiger partial charge < -0.3 is 42.2 Å². The second-order valence-electron chi connectivity index (χ2n) is 8.11. The highest BCUT2D eigenvalue weighted by atomic mass is 32.2. The molecule has 186 valence electrons. The van der Waals surface area contributed by atoms with Crippen LogP contribution in [0.25, 0.3) is 0 Å². The third-order valence-electron chi connectivity index (χ3n) is 5.19. The molecule has 7 atom stereocenters. The van der Waals surface area contributed by atoms with Crippen molar-refractivity contribution in [2.45, 2.75) is 94.3 Å². The van der Waals surface area contributed by atoms with Crippen LogP contribution in [0.15, 0.2) is 0 Å². The number of carbonyl (C=O) groups excluding carboxylic acids is 3. The first-order valence-corrected chi connectivity index (χ1v) is 12.0. The first kappa shape index (κ1) is 28.6. The number of hydrogen-bond acceptors (Lipinski definition) is 9. The van der Waals surface area contributed by atoms with Gasteiger partial charge in [0.2, 0.25) is 17.7 Å². The normalized spacial score (nSPS) is 27.4. The van der Waals surface area contributed by atoms with Crippen molar-refractivity contribution >= 4 is 29.5 Å². The number of aliphatic hydroxyl groups excluding tert-OH is 3. The van der Waals surface area contributed by atoms with Gasteiger partial charge >= 0.3 is 0 Å². The maximum atomic E-state index is 12.3. The molecule has 0 bridgehead atoms. The van der Waals surface area contributed by atoms with E-state index in [1.165, 1.54) is 18.7 Å². The molecule has 0 saturated carbocycles. The smallest absolute Gasteiger partial charge is 0.242 e. The molecule has 0 spiro atoms. The minimum atomic E-state index is -1.22. The van der Waals surface area contributed by atoms with Gasteiger partial charge in [0.15, 0.2) is 0 Å². The molecule has 1 aliphatic heterocycles. The Morgan fingerprint density at radius 1 is 1.03 bits per heavy atom. The average molecular weight is 479 g/mol. The van der Waals surface area contributed by atoms with Gasteiger partial charge in [0, 0.05) is 13.0 Å². The van der Waals surface area contributed by atoms with Crippen molar-refractivity contribution in [2.24, 2.45) is 11.5 Å². The molecular weight excluding hydrogens is 440 g/mol. The first-order chi connectivity index (χ1) is 15.0. The van der Waals surface area contributed by atoms with Crippen molar-refractivity contribution in [2.75, 3.05) is 12.3 Å². The highest BCUT2D eigenvalue weighted by Crippen LogP contribution is 2.29. The van der Waals surface area contributed by atoms with Gasteiger partial charge in [0.25, 0.3) is 0 Å². The van der Waals surface area contributed by atoms with Gasteiger partial charge in [-0.15, -0.1) is 11.8 Å². The Morgan fingerprint density at radius 3 is 2.31 bits per heavy atom. The number of primary amides is 1. The van der Waals surface area contributed by atoms with Gasteiger partial charge in [-0.25, -0.2) is 0 Å². The molecule has 1 fully saturated rings. The number of amides is 3. The Balaban J connectivity index is 2.23. The fourth-order valence-corrected chi connectivity index (χ4v) is 4.34. The summed E-state index contributed by atoms with van der Waals surface area (Å²) >= 11 is 1.40. The van der Waals surface area contributed by atoms with Crippen LogP contribution in [-0.2, 0) is 19.1 Å². The Bertz CT molecular complexity index is 610. The van der Waals surface area contributed by atoms with Crippen LogP contribution in [0.2, 0.25) is 0 Å². The van der Waals surface area contributed by atoms with E-state index in [1.807, 2.05) is 0 Å². The number of unbranched alkanes of at least 4 members (excludes halogenated alkanes) is 3. The van der Waals surface area contributed by atoms with E-state index in [0.717, 1.165) is 31.4 Å². The predicted molar refractivity (Wildman–Crippen MR) is 120 cm³/mol. The third kappa shape index (κ3) is 10.0. The largest absolute Gasteiger partial charge is 0.388 e. The van der Waals surface area contributed by atoms with Crippen LogP contribution < -0.4 is 22.1 Å². The lowest BCUT2D eigenvalue weighted by atomic mass is 10.0. The van der Waals surface area contributed by atoms with E-state index in [0.29, 0.717) is 6.54 Å². The molecule has 12 heteroatoms. The van der Waals surface area contributed by atoms with Gasteiger partial charge in [-0.1, -0.05) is 12.8 Å². The average Bonchev–Trinajstić information content (AvgIpc) is 2.74. The summed E-state index contributed by atoms with van der Waals surface area (Å²) in [4.78, 5) is 35.1. The summed E-state index contributed by atoms with van der Waals surface area (Å²) in [5.74, 6) is -0.686. The van der Waals surface area contributed by atoms with Gasteiger partial charge in [-0.3, -0.25) is 14.4 Å². The van der Waals surface area contributed by atoms with E-state index < -0.39 is 53.7 Å². The van der Waals surface area contributed by atoms with Crippen molar-refractivity contribution in [3.8, 4) is 0 Å². The zero-order valence-corrected chi connectivity index (χ0v) is 19.6. The number of nitrogens with two attached hydrogens (primary N) is 2. The molecule has 3 amide bonds. The van der Waals surface area contributed by atoms with E-state index in [9.17, 15) is 29.7 Å². The molecule has 32 heavy (non-hydrogen) atoms. The molecule has 1 rings (SSSR count). The molecule has 0 aromatic carbocycles. The second kappa shape index (κ2) is 14.7. The van der Waals surface area contributed by atoms with Crippen LogP contribution in [0, 0.1) is 0 Å². The van der Waals surface area contributed by atoms with E-state index >= 15 is 0 Å². The van der Waals surface area contributed by atoms with Crippen LogP contribution in [0.5, 0.6) is 0 Å². The first-order valence-electron chi connectivity index (χ1n) is 11.0. The third-order valence-corrected chi connectivity index (χ3v) is 6.43. The lowest BCUT2D eigenvalue weighted by molar-refractivity contribution is -0.192. The summed E-state index contributed by atoms with van der Waals surface area (Å²) in [7, 11) is 0. The van der Waals surface area contributed by atoms with Gasteiger partial charge in [-0.2, -0.15) is 0 Å². The zero-order valence-electron chi connectivity index (χ0n) is 18.7. The summed E-state index contributed by atoms with van der Waals surface area (Å²) in [5.41, 5.74) is 10.1. The van der Waals surface area contributed by atoms with Crippen LogP contribution >= 0.6 is 11.8 Å². The molecule has 1 heterocycles. The van der Waals surface area contributed by atoms with Gasteiger partial charge in [-0.05, 0) is 38.9 Å². The van der Waals surface area contributed by atoms with Gasteiger partial charge in [0.05, 0.1) is 12.1 Å². The molecule has 0 aliphatic carbocycles. The summed E-state index contributed by atoms with van der Waals surface area (Å²) in [6.45, 7) is 3.59. The number of carbonyl (C=O) groups is 3. The highest BCUT2D eigenvalue weighted by Gasteiger charge is 2.41.